The van der Waals surface area contributed by atoms with Gasteiger partial charge in [-0.2, -0.15) is 0 Å². The lowest BCUT2D eigenvalue weighted by Crippen LogP contribution is -2.06. The van der Waals surface area contributed by atoms with Crippen LogP contribution in [0.1, 0.15) is 30.9 Å². The molecular formula is C12H17NO3. The summed E-state index contributed by atoms with van der Waals surface area (Å²) in [6, 6.07) is 5.08. The molecule has 0 aliphatic carbocycles. The van der Waals surface area contributed by atoms with Crippen molar-refractivity contribution in [2.24, 2.45) is 0 Å². The lowest BCUT2D eigenvalue weighted by atomic mass is 10.00. The first-order valence-corrected chi connectivity index (χ1v) is 5.47. The largest absolute Gasteiger partial charge is 0.393 e. The predicted octanol–water partition coefficient (Wildman–Crippen LogP) is 2.61. The molecule has 88 valence electrons. The number of aliphatic hydroxyl groups is 1. The smallest absolute Gasteiger partial charge is 0.272 e. The summed E-state index contributed by atoms with van der Waals surface area (Å²) in [6.45, 7) is 3.68. The Bertz CT molecular complexity index is 377. The van der Waals surface area contributed by atoms with E-state index in [1.807, 2.05) is 13.0 Å². The van der Waals surface area contributed by atoms with Crippen molar-refractivity contribution in [3.8, 4) is 0 Å². The number of nitrogens with zero attached hydrogens (tertiary/aromatic N) is 1. The summed E-state index contributed by atoms with van der Waals surface area (Å²) in [4.78, 5) is 10.4. The third-order valence-electron chi connectivity index (χ3n) is 2.83. The van der Waals surface area contributed by atoms with E-state index in [1.54, 1.807) is 13.0 Å². The summed E-state index contributed by atoms with van der Waals surface area (Å²) in [5, 5.41) is 20.2. The van der Waals surface area contributed by atoms with E-state index >= 15 is 0 Å². The Morgan fingerprint density at radius 2 is 2.19 bits per heavy atom. The van der Waals surface area contributed by atoms with Gasteiger partial charge in [0, 0.05) is 11.6 Å². The van der Waals surface area contributed by atoms with E-state index in [0.29, 0.717) is 24.8 Å². The van der Waals surface area contributed by atoms with Crippen molar-refractivity contribution in [1.82, 2.24) is 0 Å². The molecule has 0 aliphatic heterocycles. The van der Waals surface area contributed by atoms with Crippen LogP contribution in [0, 0.1) is 17.0 Å². The van der Waals surface area contributed by atoms with Crippen molar-refractivity contribution in [2.75, 3.05) is 0 Å². The highest BCUT2D eigenvalue weighted by atomic mass is 16.6. The summed E-state index contributed by atoms with van der Waals surface area (Å²) in [7, 11) is 0. The molecule has 1 rings (SSSR count). The Hall–Kier alpha value is -1.42. The normalized spacial score (nSPS) is 12.4. The van der Waals surface area contributed by atoms with Crippen molar-refractivity contribution in [2.45, 2.75) is 39.2 Å². The quantitative estimate of drug-likeness (QED) is 0.616. The fraction of sp³-hybridized carbons (Fsp3) is 0.500. The Balaban J connectivity index is 2.81. The number of benzene rings is 1. The molecule has 1 N–H and O–H groups in total. The van der Waals surface area contributed by atoms with Gasteiger partial charge in [0.15, 0.2) is 0 Å². The SMILES string of the molecule is CCC(O)CCc1cccc([N+](=O)[O-])c1C. The minimum atomic E-state index is -0.366. The van der Waals surface area contributed by atoms with E-state index in [1.165, 1.54) is 6.07 Å². The maximum atomic E-state index is 10.7. The zero-order chi connectivity index (χ0) is 12.1. The predicted molar refractivity (Wildman–Crippen MR) is 62.5 cm³/mol. The van der Waals surface area contributed by atoms with Crippen LogP contribution in [0.2, 0.25) is 0 Å². The van der Waals surface area contributed by atoms with E-state index < -0.39 is 0 Å². The molecule has 0 fully saturated rings. The molecule has 0 spiro atoms. The Morgan fingerprint density at radius 3 is 2.75 bits per heavy atom. The standard InChI is InChI=1S/C12H17NO3/c1-3-11(14)8-7-10-5-4-6-12(9(10)2)13(15)16/h4-6,11,14H,3,7-8H2,1-2H3. The van der Waals surface area contributed by atoms with Gasteiger partial charge in [-0.1, -0.05) is 19.1 Å². The van der Waals surface area contributed by atoms with Gasteiger partial charge in [-0.3, -0.25) is 10.1 Å². The van der Waals surface area contributed by atoms with Crippen LogP contribution in [0.4, 0.5) is 5.69 Å². The minimum absolute atomic E-state index is 0.156. The molecular weight excluding hydrogens is 206 g/mol. The molecule has 1 aromatic rings. The summed E-state index contributed by atoms with van der Waals surface area (Å²) in [5.74, 6) is 0. The molecule has 16 heavy (non-hydrogen) atoms. The highest BCUT2D eigenvalue weighted by Gasteiger charge is 2.13. The van der Waals surface area contributed by atoms with Crippen LogP contribution in [-0.2, 0) is 6.42 Å². The Morgan fingerprint density at radius 1 is 1.50 bits per heavy atom. The first-order chi connectivity index (χ1) is 7.56. The summed E-state index contributed by atoms with van der Waals surface area (Å²) in [5.41, 5.74) is 1.81. The molecule has 4 heteroatoms. The number of aliphatic hydroxyl groups excluding tert-OH is 1. The fourth-order valence-electron chi connectivity index (χ4n) is 1.66. The van der Waals surface area contributed by atoms with Crippen LogP contribution < -0.4 is 0 Å². The fourth-order valence-corrected chi connectivity index (χ4v) is 1.66. The van der Waals surface area contributed by atoms with Gasteiger partial charge in [0.2, 0.25) is 0 Å². The minimum Gasteiger partial charge on any atom is -0.393 e. The summed E-state index contributed by atoms with van der Waals surface area (Å²) >= 11 is 0. The molecule has 1 aromatic carbocycles. The Labute approximate surface area is 95.1 Å². The van der Waals surface area contributed by atoms with Gasteiger partial charge >= 0.3 is 0 Å². The van der Waals surface area contributed by atoms with E-state index in [0.717, 1.165) is 5.56 Å². The van der Waals surface area contributed by atoms with Gasteiger partial charge in [-0.05, 0) is 31.7 Å². The number of aryl methyl sites for hydroxylation is 1. The van der Waals surface area contributed by atoms with Crippen LogP contribution in [0.15, 0.2) is 18.2 Å². The highest BCUT2D eigenvalue weighted by Crippen LogP contribution is 2.22. The lowest BCUT2D eigenvalue weighted by Gasteiger charge is -2.09. The second kappa shape index (κ2) is 5.61. The maximum absolute atomic E-state index is 10.7. The molecule has 1 atom stereocenters. The van der Waals surface area contributed by atoms with E-state index in [9.17, 15) is 15.2 Å². The van der Waals surface area contributed by atoms with Crippen LogP contribution >= 0.6 is 0 Å². The van der Waals surface area contributed by atoms with Crippen LogP contribution in [0.3, 0.4) is 0 Å². The van der Waals surface area contributed by atoms with Crippen molar-refractivity contribution in [3.63, 3.8) is 0 Å². The zero-order valence-corrected chi connectivity index (χ0v) is 9.64. The van der Waals surface area contributed by atoms with Crippen molar-refractivity contribution >= 4 is 5.69 Å². The molecule has 0 radical (unpaired) electrons. The van der Waals surface area contributed by atoms with Gasteiger partial charge in [0.05, 0.1) is 11.0 Å². The van der Waals surface area contributed by atoms with E-state index in [2.05, 4.69) is 0 Å². The van der Waals surface area contributed by atoms with Crippen LogP contribution in [0.5, 0.6) is 0 Å². The molecule has 0 bridgehead atoms. The monoisotopic (exact) mass is 223 g/mol. The topological polar surface area (TPSA) is 63.4 Å². The zero-order valence-electron chi connectivity index (χ0n) is 9.64. The second-order valence-electron chi connectivity index (χ2n) is 3.92. The van der Waals surface area contributed by atoms with Gasteiger partial charge in [-0.15, -0.1) is 0 Å². The van der Waals surface area contributed by atoms with Crippen molar-refractivity contribution in [3.05, 3.63) is 39.4 Å². The average Bonchev–Trinajstić information content (AvgIpc) is 2.26. The second-order valence-corrected chi connectivity index (χ2v) is 3.92. The van der Waals surface area contributed by atoms with E-state index in [4.69, 9.17) is 0 Å². The first kappa shape index (κ1) is 12.6. The number of nitro groups is 1. The summed E-state index contributed by atoms with van der Waals surface area (Å²) in [6.07, 6.45) is 1.73. The molecule has 0 amide bonds. The third kappa shape index (κ3) is 3.03. The van der Waals surface area contributed by atoms with Gasteiger partial charge in [-0.25, -0.2) is 0 Å². The van der Waals surface area contributed by atoms with Crippen LogP contribution in [-0.4, -0.2) is 16.1 Å². The maximum Gasteiger partial charge on any atom is 0.272 e. The van der Waals surface area contributed by atoms with Gasteiger partial charge in [0.1, 0.15) is 0 Å². The van der Waals surface area contributed by atoms with Crippen molar-refractivity contribution in [1.29, 1.82) is 0 Å². The van der Waals surface area contributed by atoms with Gasteiger partial charge < -0.3 is 5.11 Å². The molecule has 0 aliphatic rings. The molecule has 0 heterocycles. The first-order valence-electron chi connectivity index (χ1n) is 5.47. The third-order valence-corrected chi connectivity index (χ3v) is 2.83. The Kier molecular flexibility index (Phi) is 4.43. The molecule has 0 aromatic heterocycles. The van der Waals surface area contributed by atoms with Crippen molar-refractivity contribution < 1.29 is 10.0 Å². The van der Waals surface area contributed by atoms with Crippen LogP contribution in [0.25, 0.3) is 0 Å². The average molecular weight is 223 g/mol. The number of nitro benzene ring substituents is 1. The number of rotatable bonds is 5. The van der Waals surface area contributed by atoms with E-state index in [-0.39, 0.29) is 16.7 Å². The molecule has 0 saturated heterocycles. The molecule has 0 saturated carbocycles. The summed E-state index contributed by atoms with van der Waals surface area (Å²) < 4.78 is 0. The lowest BCUT2D eigenvalue weighted by molar-refractivity contribution is -0.385. The van der Waals surface area contributed by atoms with Gasteiger partial charge in [0.25, 0.3) is 5.69 Å². The number of hydrogen-bond donors (Lipinski definition) is 1. The number of hydrogen-bond acceptors (Lipinski definition) is 3. The highest BCUT2D eigenvalue weighted by molar-refractivity contribution is 5.44. The molecule has 1 unspecified atom stereocenters. The molecule has 4 nitrogen and oxygen atoms in total.